The highest BCUT2D eigenvalue weighted by Gasteiger charge is 2.13. The molecule has 0 saturated carbocycles. The van der Waals surface area contributed by atoms with Crippen molar-refractivity contribution in [1.29, 1.82) is 0 Å². The number of pyridine rings is 1. The lowest BCUT2D eigenvalue weighted by atomic mass is 10.2. The summed E-state index contributed by atoms with van der Waals surface area (Å²) in [6.07, 6.45) is 1.44. The lowest BCUT2D eigenvalue weighted by Crippen LogP contribution is -2.34. The van der Waals surface area contributed by atoms with E-state index < -0.39 is 0 Å². The summed E-state index contributed by atoms with van der Waals surface area (Å²) in [5, 5.41) is 13.1. The molecule has 2 aromatic carbocycles. The molecular weight excluding hydrogens is 462 g/mol. The van der Waals surface area contributed by atoms with Crippen LogP contribution >= 0.6 is 15.9 Å². The van der Waals surface area contributed by atoms with Gasteiger partial charge in [0.2, 0.25) is 5.88 Å². The van der Waals surface area contributed by atoms with Gasteiger partial charge in [-0.15, -0.1) is 0 Å². The van der Waals surface area contributed by atoms with E-state index >= 15 is 0 Å². The van der Waals surface area contributed by atoms with Crippen molar-refractivity contribution < 1.29 is 14.3 Å². The van der Waals surface area contributed by atoms with Crippen molar-refractivity contribution in [3.05, 3.63) is 82.6 Å². The number of nitrogens with one attached hydrogen (secondary N) is 3. The molecule has 0 bridgehead atoms. The van der Waals surface area contributed by atoms with Crippen molar-refractivity contribution in [3.8, 4) is 11.6 Å². The highest BCUT2D eigenvalue weighted by atomic mass is 79.9. The number of ether oxygens (including phenoxy) is 1. The van der Waals surface area contributed by atoms with Gasteiger partial charge in [-0.2, -0.15) is 5.10 Å². The molecule has 156 valence electrons. The number of rotatable bonds is 7. The number of aromatic amines is 1. The first-order valence-electron chi connectivity index (χ1n) is 9.49. The van der Waals surface area contributed by atoms with Crippen LogP contribution in [0.4, 0.5) is 0 Å². The average molecular weight is 480 g/mol. The van der Waals surface area contributed by atoms with Gasteiger partial charge in [-0.3, -0.25) is 14.7 Å². The van der Waals surface area contributed by atoms with E-state index in [1.54, 1.807) is 12.1 Å². The summed E-state index contributed by atoms with van der Waals surface area (Å²) in [6.45, 7) is 0.534. The van der Waals surface area contributed by atoms with Crippen LogP contribution in [0.2, 0.25) is 0 Å². The van der Waals surface area contributed by atoms with Gasteiger partial charge >= 0.3 is 0 Å². The summed E-state index contributed by atoms with van der Waals surface area (Å²) in [7, 11) is 0. The van der Waals surface area contributed by atoms with Crippen LogP contribution < -0.4 is 15.4 Å². The normalized spacial score (nSPS) is 10.6. The minimum absolute atomic E-state index is 0.267. The second-order valence-corrected chi connectivity index (χ2v) is 7.49. The van der Waals surface area contributed by atoms with Crippen LogP contribution in [0.3, 0.4) is 0 Å². The second kappa shape index (κ2) is 9.40. The molecule has 0 spiro atoms. The summed E-state index contributed by atoms with van der Waals surface area (Å²) >= 11 is 3.38. The number of nitrogens with zero attached hydrogens (tertiary/aromatic N) is 2. The third-order valence-corrected chi connectivity index (χ3v) is 4.89. The Morgan fingerprint density at radius 2 is 1.77 bits per heavy atom. The zero-order valence-electron chi connectivity index (χ0n) is 16.3. The molecule has 3 N–H and O–H groups in total. The Balaban J connectivity index is 1.25. The molecule has 0 aliphatic rings. The van der Waals surface area contributed by atoms with Gasteiger partial charge < -0.3 is 15.4 Å². The number of hydrogen-bond donors (Lipinski definition) is 3. The minimum atomic E-state index is -0.303. The van der Waals surface area contributed by atoms with Gasteiger partial charge in [0.05, 0.1) is 11.1 Å². The Morgan fingerprint density at radius 3 is 2.55 bits per heavy atom. The predicted octanol–water partition coefficient (Wildman–Crippen LogP) is 3.67. The Labute approximate surface area is 186 Å². The number of para-hydroxylation sites is 1. The largest absolute Gasteiger partial charge is 0.439 e. The molecule has 0 atom stereocenters. The first kappa shape index (κ1) is 20.5. The van der Waals surface area contributed by atoms with Crippen LogP contribution in [0.5, 0.6) is 11.6 Å². The van der Waals surface area contributed by atoms with Gasteiger partial charge in [-0.25, -0.2) is 4.98 Å². The first-order chi connectivity index (χ1) is 15.1. The molecule has 4 aromatic rings. The quantitative estimate of drug-likeness (QED) is 0.350. The topological polar surface area (TPSA) is 109 Å². The Kier molecular flexibility index (Phi) is 6.23. The fourth-order valence-electron chi connectivity index (χ4n) is 2.90. The Morgan fingerprint density at radius 1 is 0.968 bits per heavy atom. The molecule has 31 heavy (non-hydrogen) atoms. The van der Waals surface area contributed by atoms with E-state index in [2.05, 4.69) is 41.7 Å². The third-order valence-electron chi connectivity index (χ3n) is 4.40. The predicted molar refractivity (Wildman–Crippen MR) is 119 cm³/mol. The number of carbonyl (C=O) groups is 2. The van der Waals surface area contributed by atoms with Crippen molar-refractivity contribution in [2.45, 2.75) is 0 Å². The number of benzene rings is 2. The number of aromatic nitrogens is 3. The van der Waals surface area contributed by atoms with Crippen molar-refractivity contribution in [3.63, 3.8) is 0 Å². The van der Waals surface area contributed by atoms with Gasteiger partial charge in [0, 0.05) is 35.2 Å². The highest BCUT2D eigenvalue weighted by molar-refractivity contribution is 9.10. The zero-order chi connectivity index (χ0) is 21.6. The molecule has 0 unspecified atom stereocenters. The van der Waals surface area contributed by atoms with Crippen LogP contribution in [0.25, 0.3) is 10.9 Å². The molecule has 0 radical (unpaired) electrons. The van der Waals surface area contributed by atoms with E-state index in [0.29, 0.717) is 22.9 Å². The van der Waals surface area contributed by atoms with Crippen molar-refractivity contribution in [2.24, 2.45) is 0 Å². The van der Waals surface area contributed by atoms with Crippen molar-refractivity contribution >= 4 is 38.6 Å². The fraction of sp³-hybridized carbons (Fsp3) is 0.0909. The van der Waals surface area contributed by atoms with Gasteiger partial charge in [-0.1, -0.05) is 40.2 Å². The maximum Gasteiger partial charge on any atom is 0.272 e. The maximum absolute atomic E-state index is 12.3. The van der Waals surface area contributed by atoms with E-state index in [-0.39, 0.29) is 24.9 Å². The van der Waals surface area contributed by atoms with Crippen molar-refractivity contribution in [1.82, 2.24) is 25.8 Å². The van der Waals surface area contributed by atoms with Crippen LogP contribution in [0, 0.1) is 0 Å². The summed E-state index contributed by atoms with van der Waals surface area (Å²) in [5.41, 5.74) is 1.51. The summed E-state index contributed by atoms with van der Waals surface area (Å²) < 4.78 is 6.55. The standard InChI is InChI=1S/C22H18BrN5O3/c23-15-4-3-5-16(12-15)31-19-9-8-14(13-26-19)21(29)24-10-11-25-22(30)20-17-6-1-2-7-18(17)27-28-20/h1-9,12-13H,10-11H2,(H,24,29)(H,25,30)(H,27,28). The monoisotopic (exact) mass is 479 g/mol. The van der Waals surface area contributed by atoms with E-state index in [0.717, 1.165) is 15.4 Å². The highest BCUT2D eigenvalue weighted by Crippen LogP contribution is 2.23. The summed E-state index contributed by atoms with van der Waals surface area (Å²) in [6, 6.07) is 18.0. The Bertz CT molecular complexity index is 1220. The smallest absolute Gasteiger partial charge is 0.272 e. The van der Waals surface area contributed by atoms with Crippen LogP contribution in [0.15, 0.2) is 71.3 Å². The van der Waals surface area contributed by atoms with E-state index in [9.17, 15) is 9.59 Å². The van der Waals surface area contributed by atoms with Gasteiger partial charge in [0.15, 0.2) is 5.69 Å². The SMILES string of the molecule is O=C(NCCNC(=O)c1n[nH]c2ccccc12)c1ccc(Oc2cccc(Br)c2)nc1. The molecule has 0 aliphatic carbocycles. The maximum atomic E-state index is 12.3. The van der Waals surface area contributed by atoms with Gasteiger partial charge in [0.25, 0.3) is 11.8 Å². The molecule has 2 aromatic heterocycles. The molecule has 2 amide bonds. The molecule has 4 rings (SSSR count). The second-order valence-electron chi connectivity index (χ2n) is 6.57. The lowest BCUT2D eigenvalue weighted by Gasteiger charge is -2.08. The number of halogens is 1. The van der Waals surface area contributed by atoms with Crippen molar-refractivity contribution in [2.75, 3.05) is 13.1 Å². The first-order valence-corrected chi connectivity index (χ1v) is 10.3. The number of fused-ring (bicyclic) bond motifs is 1. The number of amides is 2. The molecule has 2 heterocycles. The van der Waals surface area contributed by atoms with E-state index in [1.807, 2.05) is 48.5 Å². The average Bonchev–Trinajstić information content (AvgIpc) is 3.21. The molecule has 0 aliphatic heterocycles. The molecule has 8 nitrogen and oxygen atoms in total. The molecule has 0 saturated heterocycles. The molecule has 9 heteroatoms. The summed E-state index contributed by atoms with van der Waals surface area (Å²) in [5.74, 6) is 0.427. The van der Waals surface area contributed by atoms with Gasteiger partial charge in [0.1, 0.15) is 5.75 Å². The molecular formula is C22H18BrN5O3. The lowest BCUT2D eigenvalue weighted by molar-refractivity contribution is 0.0925. The minimum Gasteiger partial charge on any atom is -0.439 e. The fourth-order valence-corrected chi connectivity index (χ4v) is 3.28. The number of H-pyrrole nitrogens is 1. The number of hydrogen-bond acceptors (Lipinski definition) is 5. The number of carbonyl (C=O) groups excluding carboxylic acids is 2. The summed E-state index contributed by atoms with van der Waals surface area (Å²) in [4.78, 5) is 28.8. The zero-order valence-corrected chi connectivity index (χ0v) is 17.8. The molecule has 0 fully saturated rings. The van der Waals surface area contributed by atoms with Crippen LogP contribution in [-0.2, 0) is 0 Å². The Hall–Kier alpha value is -3.72. The van der Waals surface area contributed by atoms with Gasteiger partial charge in [-0.05, 0) is 30.3 Å². The third kappa shape index (κ3) is 5.07. The van der Waals surface area contributed by atoms with Crippen LogP contribution in [0.1, 0.15) is 20.8 Å². The van der Waals surface area contributed by atoms with Crippen LogP contribution in [-0.4, -0.2) is 40.1 Å². The van der Waals surface area contributed by atoms with E-state index in [1.165, 1.54) is 6.20 Å². The van der Waals surface area contributed by atoms with E-state index in [4.69, 9.17) is 4.74 Å².